The predicted octanol–water partition coefficient (Wildman–Crippen LogP) is 3.09. The molecular formula is C22H27N3O3S. The number of ether oxygens (including phenoxy) is 1. The summed E-state index contributed by atoms with van der Waals surface area (Å²) in [6.07, 6.45) is 0.944. The number of rotatable bonds is 6. The Kier molecular flexibility index (Phi) is 5.87. The molecule has 1 aromatic heterocycles. The van der Waals surface area contributed by atoms with Gasteiger partial charge in [-0.25, -0.2) is 0 Å². The molecule has 2 fully saturated rings. The monoisotopic (exact) mass is 413 g/mol. The normalized spacial score (nSPS) is 21.7. The third-order valence-electron chi connectivity index (χ3n) is 5.71. The Morgan fingerprint density at radius 2 is 1.83 bits per heavy atom. The van der Waals surface area contributed by atoms with Gasteiger partial charge in [-0.3, -0.25) is 14.5 Å². The first-order valence-electron chi connectivity index (χ1n) is 10.0. The lowest BCUT2D eigenvalue weighted by molar-refractivity contribution is -0.142. The molecule has 2 aliphatic rings. The first-order valence-corrected chi connectivity index (χ1v) is 10.9. The Morgan fingerprint density at radius 1 is 1.10 bits per heavy atom. The van der Waals surface area contributed by atoms with Gasteiger partial charge in [-0.05, 0) is 49.7 Å². The van der Waals surface area contributed by atoms with Gasteiger partial charge >= 0.3 is 5.97 Å². The largest absolute Gasteiger partial charge is 0.468 e. The number of amides is 1. The van der Waals surface area contributed by atoms with Gasteiger partial charge in [0.2, 0.25) is 5.91 Å². The van der Waals surface area contributed by atoms with Gasteiger partial charge in [0, 0.05) is 59.1 Å². The van der Waals surface area contributed by atoms with Crippen molar-refractivity contribution in [3.05, 3.63) is 46.2 Å². The Balaban J connectivity index is 1.27. The first-order chi connectivity index (χ1) is 14.0. The number of esters is 1. The van der Waals surface area contributed by atoms with Gasteiger partial charge in [0.25, 0.3) is 0 Å². The molecule has 0 radical (unpaired) electrons. The van der Waals surface area contributed by atoms with Crippen LogP contribution in [-0.4, -0.2) is 56.6 Å². The molecule has 2 unspecified atom stereocenters. The summed E-state index contributed by atoms with van der Waals surface area (Å²) in [6, 6.07) is 12.3. The van der Waals surface area contributed by atoms with Crippen LogP contribution in [0.2, 0.25) is 0 Å². The molecule has 1 saturated carbocycles. The molecular weight excluding hydrogens is 386 g/mol. The smallest absolute Gasteiger partial charge is 0.319 e. The minimum Gasteiger partial charge on any atom is -0.468 e. The summed E-state index contributed by atoms with van der Waals surface area (Å²) in [7, 11) is 1.42. The van der Waals surface area contributed by atoms with E-state index in [0.29, 0.717) is 12.5 Å². The Labute approximate surface area is 175 Å². The van der Waals surface area contributed by atoms with Crippen LogP contribution in [0, 0.1) is 12.8 Å². The second-order valence-corrected chi connectivity index (χ2v) is 9.09. The van der Waals surface area contributed by atoms with Crippen LogP contribution in [0.3, 0.4) is 0 Å². The number of nitrogens with one attached hydrogen (secondary N) is 1. The van der Waals surface area contributed by atoms with Crippen LogP contribution in [0.5, 0.6) is 0 Å². The number of nitrogens with zero attached hydrogens (tertiary/aromatic N) is 2. The van der Waals surface area contributed by atoms with E-state index in [9.17, 15) is 9.59 Å². The van der Waals surface area contributed by atoms with E-state index in [1.165, 1.54) is 16.9 Å². The van der Waals surface area contributed by atoms with Crippen molar-refractivity contribution in [1.82, 2.24) is 4.90 Å². The molecule has 1 saturated heterocycles. The summed E-state index contributed by atoms with van der Waals surface area (Å²) in [6.45, 7) is 5.85. The molecule has 29 heavy (non-hydrogen) atoms. The molecule has 2 aromatic rings. The van der Waals surface area contributed by atoms with Gasteiger partial charge in [-0.15, -0.1) is 11.3 Å². The first kappa shape index (κ1) is 19.9. The molecule has 0 bridgehead atoms. The van der Waals surface area contributed by atoms with Gasteiger partial charge in [0.05, 0.1) is 13.7 Å². The van der Waals surface area contributed by atoms with Crippen molar-refractivity contribution < 1.29 is 14.3 Å². The molecule has 1 aliphatic carbocycles. The summed E-state index contributed by atoms with van der Waals surface area (Å²) < 4.78 is 4.74. The van der Waals surface area contributed by atoms with Crippen LogP contribution in [0.1, 0.15) is 22.1 Å². The number of thiophene rings is 1. The number of aryl methyl sites for hydroxylation is 1. The summed E-state index contributed by atoms with van der Waals surface area (Å²) >= 11 is 1.79. The summed E-state index contributed by atoms with van der Waals surface area (Å²) in [4.78, 5) is 31.0. The third kappa shape index (κ3) is 4.79. The zero-order chi connectivity index (χ0) is 20.4. The number of hydrogen-bond acceptors (Lipinski definition) is 6. The fraction of sp³-hybridized carbons (Fsp3) is 0.455. The second-order valence-electron chi connectivity index (χ2n) is 7.77. The van der Waals surface area contributed by atoms with Crippen molar-refractivity contribution in [2.45, 2.75) is 19.3 Å². The van der Waals surface area contributed by atoms with E-state index in [1.54, 1.807) is 11.3 Å². The van der Waals surface area contributed by atoms with Crippen molar-refractivity contribution in [3.8, 4) is 0 Å². The van der Waals surface area contributed by atoms with Crippen molar-refractivity contribution in [2.24, 2.45) is 5.92 Å². The van der Waals surface area contributed by atoms with Crippen LogP contribution in [-0.2, 0) is 14.3 Å². The molecule has 0 spiro atoms. The lowest BCUT2D eigenvalue weighted by Crippen LogP contribution is -2.48. The molecule has 1 aromatic carbocycles. The molecule has 6 nitrogen and oxygen atoms in total. The number of anilines is 2. The highest BCUT2D eigenvalue weighted by molar-refractivity contribution is 7.12. The minimum atomic E-state index is -0.189. The predicted molar refractivity (Wildman–Crippen MR) is 116 cm³/mol. The fourth-order valence-corrected chi connectivity index (χ4v) is 4.91. The van der Waals surface area contributed by atoms with Gasteiger partial charge in [0.1, 0.15) is 0 Å². The SMILES string of the molecule is COC(=O)CN1CCN(c2ccc(NC(=O)C3CC3c3ccc(C)s3)cc2)CC1. The van der Waals surface area contributed by atoms with Crippen LogP contribution in [0.25, 0.3) is 0 Å². The van der Waals surface area contributed by atoms with E-state index in [1.807, 2.05) is 12.1 Å². The Morgan fingerprint density at radius 3 is 2.45 bits per heavy atom. The highest BCUT2D eigenvalue weighted by Crippen LogP contribution is 2.50. The van der Waals surface area contributed by atoms with E-state index in [2.05, 4.69) is 46.3 Å². The summed E-state index contributed by atoms with van der Waals surface area (Å²) in [5.74, 6) is 0.403. The van der Waals surface area contributed by atoms with Crippen molar-refractivity contribution >= 4 is 34.6 Å². The van der Waals surface area contributed by atoms with E-state index < -0.39 is 0 Å². The second kappa shape index (κ2) is 8.55. The van der Waals surface area contributed by atoms with Crippen LogP contribution >= 0.6 is 11.3 Å². The fourth-order valence-electron chi connectivity index (χ4n) is 3.85. The van der Waals surface area contributed by atoms with Crippen molar-refractivity contribution in [1.29, 1.82) is 0 Å². The summed E-state index contributed by atoms with van der Waals surface area (Å²) in [5.41, 5.74) is 1.98. The molecule has 2 atom stereocenters. The van der Waals surface area contributed by atoms with Gasteiger partial charge in [-0.1, -0.05) is 0 Å². The number of carbonyl (C=O) groups excluding carboxylic acids is 2. The average Bonchev–Trinajstić information content (AvgIpc) is 3.43. The van der Waals surface area contributed by atoms with Gasteiger partial charge < -0.3 is 15.0 Å². The topological polar surface area (TPSA) is 61.9 Å². The molecule has 1 N–H and O–H groups in total. The van der Waals surface area contributed by atoms with Crippen molar-refractivity contribution in [2.75, 3.05) is 50.1 Å². The van der Waals surface area contributed by atoms with Gasteiger partial charge in [0.15, 0.2) is 0 Å². The van der Waals surface area contributed by atoms with E-state index >= 15 is 0 Å². The highest BCUT2D eigenvalue weighted by atomic mass is 32.1. The van der Waals surface area contributed by atoms with Crippen LogP contribution < -0.4 is 10.2 Å². The van der Waals surface area contributed by atoms with E-state index in [0.717, 1.165) is 44.0 Å². The Bertz CT molecular complexity index is 872. The number of hydrogen-bond donors (Lipinski definition) is 1. The Hall–Kier alpha value is -2.38. The average molecular weight is 414 g/mol. The summed E-state index contributed by atoms with van der Waals surface area (Å²) in [5, 5.41) is 3.06. The number of methoxy groups -OCH3 is 1. The third-order valence-corrected chi connectivity index (χ3v) is 6.84. The van der Waals surface area contributed by atoms with E-state index in [-0.39, 0.29) is 17.8 Å². The maximum atomic E-state index is 12.5. The quantitative estimate of drug-likeness (QED) is 0.738. The zero-order valence-electron chi connectivity index (χ0n) is 16.9. The minimum absolute atomic E-state index is 0.0932. The molecule has 1 aliphatic heterocycles. The van der Waals surface area contributed by atoms with Gasteiger partial charge in [-0.2, -0.15) is 0 Å². The molecule has 4 rings (SSSR count). The van der Waals surface area contributed by atoms with Crippen molar-refractivity contribution in [3.63, 3.8) is 0 Å². The highest BCUT2D eigenvalue weighted by Gasteiger charge is 2.44. The molecule has 154 valence electrons. The maximum Gasteiger partial charge on any atom is 0.319 e. The lowest BCUT2D eigenvalue weighted by Gasteiger charge is -2.35. The number of piperazine rings is 1. The standard InChI is InChI=1S/C22H27N3O3S/c1-15-3-8-20(29-15)18-13-19(18)22(27)23-16-4-6-17(7-5-16)25-11-9-24(10-12-25)14-21(26)28-2/h3-8,18-19H,9-14H2,1-2H3,(H,23,27). The van der Waals surface area contributed by atoms with Crippen LogP contribution in [0.4, 0.5) is 11.4 Å². The number of carbonyl (C=O) groups is 2. The maximum absolute atomic E-state index is 12.5. The lowest BCUT2D eigenvalue weighted by atomic mass is 10.2. The molecule has 1 amide bonds. The van der Waals surface area contributed by atoms with E-state index in [4.69, 9.17) is 4.74 Å². The number of benzene rings is 1. The zero-order valence-corrected chi connectivity index (χ0v) is 17.7. The molecule has 2 heterocycles. The molecule has 7 heteroatoms. The van der Waals surface area contributed by atoms with Crippen LogP contribution in [0.15, 0.2) is 36.4 Å².